The zero-order chi connectivity index (χ0) is 12.3. The Morgan fingerprint density at radius 2 is 2.06 bits per heavy atom. The molecule has 0 amide bonds. The molecule has 94 valence electrons. The molecule has 1 aliphatic rings. The fourth-order valence-electron chi connectivity index (χ4n) is 1.93. The van der Waals surface area contributed by atoms with E-state index in [1.54, 1.807) is 6.07 Å². The number of benzene rings is 1. The molecule has 0 bridgehead atoms. The Hall–Kier alpha value is -1.09. The van der Waals surface area contributed by atoms with Gasteiger partial charge in [0.05, 0.1) is 10.7 Å². The minimum Gasteiger partial charge on any atom is -0.454 e. The summed E-state index contributed by atoms with van der Waals surface area (Å²) in [6.07, 6.45) is 2.42. The van der Waals surface area contributed by atoms with E-state index >= 15 is 0 Å². The van der Waals surface area contributed by atoms with Crippen LogP contribution in [0.25, 0.3) is 0 Å². The van der Waals surface area contributed by atoms with Crippen molar-refractivity contribution in [2.45, 2.75) is 26.7 Å². The first-order valence-electron chi connectivity index (χ1n) is 6.03. The van der Waals surface area contributed by atoms with Crippen molar-refractivity contribution in [1.29, 1.82) is 0 Å². The molecule has 1 aromatic carbocycles. The lowest BCUT2D eigenvalue weighted by atomic mass is 10.1. The van der Waals surface area contributed by atoms with Gasteiger partial charge < -0.3 is 14.8 Å². The summed E-state index contributed by atoms with van der Waals surface area (Å²) in [5, 5.41) is 4.04. The molecular weight excluding hydrogens is 238 g/mol. The summed E-state index contributed by atoms with van der Waals surface area (Å²) < 4.78 is 10.6. The third-order valence-electron chi connectivity index (χ3n) is 2.88. The van der Waals surface area contributed by atoms with Crippen molar-refractivity contribution >= 4 is 17.3 Å². The van der Waals surface area contributed by atoms with Crippen LogP contribution in [-0.4, -0.2) is 13.3 Å². The molecule has 1 N–H and O–H groups in total. The van der Waals surface area contributed by atoms with Gasteiger partial charge in [-0.25, -0.2) is 0 Å². The maximum absolute atomic E-state index is 6.17. The van der Waals surface area contributed by atoms with E-state index in [9.17, 15) is 0 Å². The Balaban J connectivity index is 2.01. The molecule has 0 fully saturated rings. The summed E-state index contributed by atoms with van der Waals surface area (Å²) in [4.78, 5) is 0. The molecule has 1 heterocycles. The maximum Gasteiger partial charge on any atom is 0.231 e. The molecule has 0 saturated carbocycles. The minimum atomic E-state index is 0.279. The van der Waals surface area contributed by atoms with Gasteiger partial charge in [0.25, 0.3) is 0 Å². The maximum atomic E-state index is 6.17. The Morgan fingerprint density at radius 3 is 2.76 bits per heavy atom. The van der Waals surface area contributed by atoms with E-state index in [1.807, 2.05) is 6.07 Å². The van der Waals surface area contributed by atoms with Crippen molar-refractivity contribution in [3.63, 3.8) is 0 Å². The van der Waals surface area contributed by atoms with Crippen molar-refractivity contribution in [3.05, 3.63) is 17.2 Å². The van der Waals surface area contributed by atoms with Crippen molar-refractivity contribution in [2.75, 3.05) is 18.7 Å². The van der Waals surface area contributed by atoms with Gasteiger partial charge in [-0.2, -0.15) is 0 Å². The van der Waals surface area contributed by atoms with Crippen LogP contribution in [0.2, 0.25) is 5.02 Å². The molecule has 0 spiro atoms. The number of hydrogen-bond acceptors (Lipinski definition) is 3. The lowest BCUT2D eigenvalue weighted by Gasteiger charge is -2.14. The van der Waals surface area contributed by atoms with E-state index in [2.05, 4.69) is 19.2 Å². The van der Waals surface area contributed by atoms with Crippen LogP contribution in [0, 0.1) is 5.92 Å². The lowest BCUT2D eigenvalue weighted by molar-refractivity contribution is 0.174. The fourth-order valence-corrected chi connectivity index (χ4v) is 2.15. The van der Waals surface area contributed by atoms with Gasteiger partial charge in [-0.1, -0.05) is 31.9 Å². The monoisotopic (exact) mass is 255 g/mol. The molecular formula is C13H18ClNO2. The third-order valence-corrected chi connectivity index (χ3v) is 3.20. The summed E-state index contributed by atoms with van der Waals surface area (Å²) in [6, 6.07) is 3.71. The van der Waals surface area contributed by atoms with Gasteiger partial charge in [-0.15, -0.1) is 0 Å². The summed E-state index contributed by atoms with van der Waals surface area (Å²) in [6.45, 7) is 5.63. The van der Waals surface area contributed by atoms with Crippen LogP contribution in [0.5, 0.6) is 11.5 Å². The van der Waals surface area contributed by atoms with Crippen LogP contribution in [0.3, 0.4) is 0 Å². The van der Waals surface area contributed by atoms with Gasteiger partial charge in [0, 0.05) is 18.7 Å². The Morgan fingerprint density at radius 1 is 1.35 bits per heavy atom. The minimum absolute atomic E-state index is 0.279. The van der Waals surface area contributed by atoms with Crippen LogP contribution in [0.4, 0.5) is 5.69 Å². The highest BCUT2D eigenvalue weighted by Crippen LogP contribution is 2.39. The smallest absolute Gasteiger partial charge is 0.231 e. The van der Waals surface area contributed by atoms with E-state index < -0.39 is 0 Å². The van der Waals surface area contributed by atoms with Crippen molar-refractivity contribution in [2.24, 2.45) is 5.92 Å². The van der Waals surface area contributed by atoms with Crippen molar-refractivity contribution < 1.29 is 9.47 Å². The zero-order valence-electron chi connectivity index (χ0n) is 10.3. The van der Waals surface area contributed by atoms with Crippen LogP contribution < -0.4 is 14.8 Å². The summed E-state index contributed by atoms with van der Waals surface area (Å²) >= 11 is 6.17. The Kier molecular flexibility index (Phi) is 4.00. The molecule has 1 aliphatic heterocycles. The first kappa shape index (κ1) is 12.4. The number of fused-ring (bicyclic) bond motifs is 1. The van der Waals surface area contributed by atoms with Gasteiger partial charge >= 0.3 is 0 Å². The molecule has 2 rings (SSSR count). The number of nitrogens with one attached hydrogen (secondary N) is 1. The predicted octanol–water partition coefficient (Wildman–Crippen LogP) is 3.92. The average molecular weight is 256 g/mol. The molecule has 17 heavy (non-hydrogen) atoms. The van der Waals surface area contributed by atoms with Gasteiger partial charge in [0.1, 0.15) is 0 Å². The van der Waals surface area contributed by atoms with Crippen LogP contribution in [0.15, 0.2) is 12.1 Å². The highest BCUT2D eigenvalue weighted by atomic mass is 35.5. The van der Waals surface area contributed by atoms with E-state index in [1.165, 1.54) is 12.8 Å². The summed E-state index contributed by atoms with van der Waals surface area (Å²) in [5.41, 5.74) is 0.916. The second kappa shape index (κ2) is 5.50. The van der Waals surface area contributed by atoms with Crippen LogP contribution >= 0.6 is 11.6 Å². The predicted molar refractivity (Wildman–Crippen MR) is 70.1 cm³/mol. The second-order valence-corrected chi connectivity index (χ2v) is 4.87. The fraction of sp³-hybridized carbons (Fsp3) is 0.538. The van der Waals surface area contributed by atoms with Crippen LogP contribution in [-0.2, 0) is 0 Å². The highest BCUT2D eigenvalue weighted by Gasteiger charge is 2.16. The Bertz CT molecular complexity index is 395. The molecule has 1 atom stereocenters. The largest absolute Gasteiger partial charge is 0.454 e. The van der Waals surface area contributed by atoms with Gasteiger partial charge in [-0.05, 0) is 12.3 Å². The van der Waals surface area contributed by atoms with E-state index in [4.69, 9.17) is 21.1 Å². The van der Waals surface area contributed by atoms with E-state index in [-0.39, 0.29) is 6.79 Å². The molecule has 0 radical (unpaired) electrons. The SMILES string of the molecule is CCCC(C)CNc1cc2c(cc1Cl)OCO2. The first-order valence-corrected chi connectivity index (χ1v) is 6.41. The Labute approximate surface area is 107 Å². The average Bonchev–Trinajstić information content (AvgIpc) is 2.73. The topological polar surface area (TPSA) is 30.5 Å². The van der Waals surface area contributed by atoms with E-state index in [0.717, 1.165) is 23.7 Å². The highest BCUT2D eigenvalue weighted by molar-refractivity contribution is 6.33. The normalized spacial score (nSPS) is 14.8. The number of halogens is 1. The van der Waals surface area contributed by atoms with Gasteiger partial charge in [0.15, 0.2) is 11.5 Å². The summed E-state index contributed by atoms with van der Waals surface area (Å²) in [5.74, 6) is 2.13. The van der Waals surface area contributed by atoms with Crippen molar-refractivity contribution in [3.8, 4) is 11.5 Å². The summed E-state index contributed by atoms with van der Waals surface area (Å²) in [7, 11) is 0. The van der Waals surface area contributed by atoms with Gasteiger partial charge in [0.2, 0.25) is 6.79 Å². The third kappa shape index (κ3) is 2.97. The lowest BCUT2D eigenvalue weighted by Crippen LogP contribution is -2.11. The molecule has 0 aromatic heterocycles. The quantitative estimate of drug-likeness (QED) is 0.865. The number of anilines is 1. The van der Waals surface area contributed by atoms with Crippen molar-refractivity contribution in [1.82, 2.24) is 0 Å². The zero-order valence-corrected chi connectivity index (χ0v) is 11.0. The number of hydrogen-bond donors (Lipinski definition) is 1. The van der Waals surface area contributed by atoms with Crippen LogP contribution in [0.1, 0.15) is 26.7 Å². The molecule has 3 nitrogen and oxygen atoms in total. The first-order chi connectivity index (χ1) is 8.20. The number of ether oxygens (including phenoxy) is 2. The molecule has 0 aliphatic carbocycles. The standard InChI is InChI=1S/C13H18ClNO2/c1-3-4-9(2)7-15-11-6-13-12(5-10(11)14)16-8-17-13/h5-6,9,15H,3-4,7-8H2,1-2H3. The number of rotatable bonds is 5. The second-order valence-electron chi connectivity index (χ2n) is 4.46. The van der Waals surface area contributed by atoms with Gasteiger partial charge in [-0.3, -0.25) is 0 Å². The van der Waals surface area contributed by atoms with E-state index in [0.29, 0.717) is 10.9 Å². The molecule has 4 heteroatoms. The molecule has 1 unspecified atom stereocenters. The molecule has 1 aromatic rings. The molecule has 0 saturated heterocycles.